The molecule has 0 aliphatic heterocycles. The fourth-order valence-electron chi connectivity index (χ4n) is 8.05. The Bertz CT molecular complexity index is 1910. The van der Waals surface area contributed by atoms with Gasteiger partial charge in [-0.15, -0.1) is 0 Å². The normalized spacial score (nSPS) is 13.4. The summed E-state index contributed by atoms with van der Waals surface area (Å²) in [4.78, 5) is 45.7. The molecule has 4 N–H and O–H groups in total. The van der Waals surface area contributed by atoms with E-state index in [9.17, 15) is 29.4 Å². The molecule has 0 spiro atoms. The monoisotopic (exact) mass is 932 g/mol. The zero-order valence-electron chi connectivity index (χ0n) is 33.7. The van der Waals surface area contributed by atoms with Gasteiger partial charge in [0.05, 0.1) is 13.2 Å². The number of fused-ring (bicyclic) bond motifs is 3. The lowest BCUT2D eigenvalue weighted by atomic mass is 9.70. The highest BCUT2D eigenvalue weighted by Crippen LogP contribution is 2.55. The summed E-state index contributed by atoms with van der Waals surface area (Å²) in [6.45, 7) is 3.82. The molecule has 12 heteroatoms. The fraction of sp³-hybridized carbons (Fsp3) is 0.404. The molecular weight excluding hydrogens is 880 g/mol. The van der Waals surface area contributed by atoms with Crippen LogP contribution < -0.4 is 20.1 Å². The summed E-state index contributed by atoms with van der Waals surface area (Å²) in [6.07, 6.45) is 10.8. The zero-order chi connectivity index (χ0) is 42.4. The van der Waals surface area contributed by atoms with Crippen molar-refractivity contribution in [3.05, 3.63) is 116 Å². The number of nitrogens with one attached hydrogen (secondary N) is 2. The van der Waals surface area contributed by atoms with Gasteiger partial charge in [0.25, 0.3) is 0 Å². The van der Waals surface area contributed by atoms with Crippen LogP contribution in [0.4, 0.5) is 0 Å². The molecule has 0 bridgehead atoms. The molecule has 4 aromatic carbocycles. The first-order chi connectivity index (χ1) is 28.3. The highest BCUT2D eigenvalue weighted by molar-refractivity contribution is 9.10. The van der Waals surface area contributed by atoms with Gasteiger partial charge in [0.2, 0.25) is 11.8 Å². The van der Waals surface area contributed by atoms with Crippen LogP contribution in [0.5, 0.6) is 11.5 Å². The van der Waals surface area contributed by atoms with Gasteiger partial charge in [0.1, 0.15) is 23.6 Å². The molecule has 0 saturated carbocycles. The molecule has 5 rings (SSSR count). The smallest absolute Gasteiger partial charge is 0.326 e. The highest BCUT2D eigenvalue weighted by atomic mass is 79.9. The topological polar surface area (TPSA) is 151 Å². The number of carbonyl (C=O) groups excluding carboxylic acids is 2. The van der Waals surface area contributed by atoms with Crippen LogP contribution in [0.1, 0.15) is 100 Å². The summed E-state index contributed by atoms with van der Waals surface area (Å²) in [7, 11) is 0. The Labute approximate surface area is 363 Å². The van der Waals surface area contributed by atoms with Crippen molar-refractivity contribution in [2.45, 2.75) is 108 Å². The molecule has 0 heterocycles. The summed E-state index contributed by atoms with van der Waals surface area (Å²) < 4.78 is 14.2. The Hall–Kier alpha value is -4.68. The predicted molar refractivity (Wildman–Crippen MR) is 236 cm³/mol. The van der Waals surface area contributed by atoms with Gasteiger partial charge in [-0.25, -0.2) is 9.59 Å². The molecule has 0 saturated heterocycles. The number of aliphatic carboxylic acids is 2. The van der Waals surface area contributed by atoms with Gasteiger partial charge in [-0.2, -0.15) is 0 Å². The molecule has 0 radical (unpaired) electrons. The van der Waals surface area contributed by atoms with Gasteiger partial charge < -0.3 is 30.3 Å². The van der Waals surface area contributed by atoms with Gasteiger partial charge in [-0.3, -0.25) is 9.59 Å². The fourth-order valence-corrected chi connectivity index (χ4v) is 8.78. The molecule has 2 amide bonds. The molecule has 59 heavy (non-hydrogen) atoms. The lowest BCUT2D eigenvalue weighted by Gasteiger charge is -2.33. The van der Waals surface area contributed by atoms with Crippen molar-refractivity contribution in [2.75, 3.05) is 13.2 Å². The largest absolute Gasteiger partial charge is 0.494 e. The number of ether oxygens (including phenoxy) is 2. The highest BCUT2D eigenvalue weighted by Gasteiger charge is 2.42. The Balaban J connectivity index is 1.10. The summed E-state index contributed by atoms with van der Waals surface area (Å²) in [6, 6.07) is 26.3. The number of carboxylic acid groups (broad SMARTS) is 2. The average molecular weight is 935 g/mol. The van der Waals surface area contributed by atoms with Crippen LogP contribution in [0.3, 0.4) is 0 Å². The van der Waals surface area contributed by atoms with E-state index in [-0.39, 0.29) is 30.1 Å². The molecule has 0 aromatic heterocycles. The lowest BCUT2D eigenvalue weighted by molar-refractivity contribution is -0.141. The molecule has 1 aliphatic carbocycles. The van der Waals surface area contributed by atoms with Crippen LogP contribution in [0, 0.1) is 0 Å². The third kappa shape index (κ3) is 13.2. The number of rotatable bonds is 24. The SMILES string of the molecule is CC(=O)N[C@@H](Cc1ccc(OCCCCCCC2(CCCCCCOc3ccc(C[C@H](NC(C)=O)C(=O)O)cc3)c3cc(Br)ccc3-c3ccc(Br)cc32)cc1)C(=O)O. The Morgan fingerprint density at radius 2 is 0.932 bits per heavy atom. The van der Waals surface area contributed by atoms with Gasteiger partial charge in [0.15, 0.2) is 0 Å². The number of halogens is 2. The minimum Gasteiger partial charge on any atom is -0.494 e. The van der Waals surface area contributed by atoms with Gasteiger partial charge in [-0.05, 0) is 108 Å². The number of hydrogen-bond acceptors (Lipinski definition) is 6. The second kappa shape index (κ2) is 22.1. The summed E-state index contributed by atoms with van der Waals surface area (Å²) in [5, 5.41) is 23.8. The first kappa shape index (κ1) is 45.4. The minimum atomic E-state index is -1.06. The van der Waals surface area contributed by atoms with Crippen LogP contribution in [0.2, 0.25) is 0 Å². The first-order valence-electron chi connectivity index (χ1n) is 20.4. The van der Waals surface area contributed by atoms with Crippen molar-refractivity contribution >= 4 is 55.6 Å². The second-order valence-corrected chi connectivity index (χ2v) is 17.2. The van der Waals surface area contributed by atoms with Crippen molar-refractivity contribution in [2.24, 2.45) is 0 Å². The maximum atomic E-state index is 11.5. The summed E-state index contributed by atoms with van der Waals surface area (Å²) >= 11 is 7.55. The van der Waals surface area contributed by atoms with Gasteiger partial charge in [-0.1, -0.05) is 107 Å². The van der Waals surface area contributed by atoms with Gasteiger partial charge in [0, 0.05) is 41.0 Å². The average Bonchev–Trinajstić information content (AvgIpc) is 3.44. The van der Waals surface area contributed by atoms with E-state index < -0.39 is 24.0 Å². The van der Waals surface area contributed by atoms with Crippen LogP contribution in [0.15, 0.2) is 93.9 Å². The van der Waals surface area contributed by atoms with Crippen LogP contribution >= 0.6 is 31.9 Å². The van der Waals surface area contributed by atoms with E-state index in [0.717, 1.165) is 95.8 Å². The van der Waals surface area contributed by atoms with E-state index in [4.69, 9.17) is 9.47 Å². The number of carbonyl (C=O) groups is 4. The first-order valence-corrected chi connectivity index (χ1v) is 22.0. The Kier molecular flexibility index (Phi) is 17.0. The van der Waals surface area contributed by atoms with E-state index in [2.05, 4.69) is 78.9 Å². The van der Waals surface area contributed by atoms with Crippen molar-refractivity contribution < 1.29 is 38.9 Å². The molecule has 4 aromatic rings. The molecule has 10 nitrogen and oxygen atoms in total. The number of hydrogen-bond donors (Lipinski definition) is 4. The quantitative estimate of drug-likeness (QED) is 0.0508. The summed E-state index contributed by atoms with van der Waals surface area (Å²) in [5.74, 6) is -1.40. The predicted octanol–water partition coefficient (Wildman–Crippen LogP) is 9.80. The molecule has 0 unspecified atom stereocenters. The van der Waals surface area contributed by atoms with Crippen LogP contribution in [-0.2, 0) is 37.4 Å². The Morgan fingerprint density at radius 3 is 1.29 bits per heavy atom. The Morgan fingerprint density at radius 1 is 0.559 bits per heavy atom. The standard InChI is InChI=1S/C47H54Br2N2O8/c1-31(52)50-43(45(54)55)27-33-11-17-37(18-12-33)58-25-9-5-3-7-23-47(41-29-35(48)15-21-39(41)40-22-16-36(49)30-42(40)47)24-8-4-6-10-26-59-38-19-13-34(14-20-38)28-44(46(56)57)51-32(2)53/h11-22,29-30,43-44H,3-10,23-28H2,1-2H3,(H,50,52)(H,51,53)(H,54,55)(H,56,57)/t43-,44-/m0/s1. The van der Waals surface area contributed by atoms with Crippen molar-refractivity contribution in [3.8, 4) is 22.6 Å². The minimum absolute atomic E-state index is 0.0894. The van der Waals surface area contributed by atoms with Crippen molar-refractivity contribution in [1.29, 1.82) is 0 Å². The zero-order valence-corrected chi connectivity index (χ0v) is 36.9. The van der Waals surface area contributed by atoms with E-state index in [0.29, 0.717) is 13.2 Å². The third-order valence-electron chi connectivity index (χ3n) is 10.9. The second-order valence-electron chi connectivity index (χ2n) is 15.4. The van der Waals surface area contributed by atoms with E-state index in [1.807, 2.05) is 48.5 Å². The van der Waals surface area contributed by atoms with Crippen LogP contribution in [-0.4, -0.2) is 59.3 Å². The molecule has 0 fully saturated rings. The lowest BCUT2D eigenvalue weighted by Crippen LogP contribution is -2.41. The van der Waals surface area contributed by atoms with Crippen molar-refractivity contribution in [3.63, 3.8) is 0 Å². The maximum Gasteiger partial charge on any atom is 0.326 e. The van der Waals surface area contributed by atoms with Crippen LogP contribution in [0.25, 0.3) is 11.1 Å². The third-order valence-corrected chi connectivity index (χ3v) is 11.9. The van der Waals surface area contributed by atoms with Gasteiger partial charge >= 0.3 is 11.9 Å². The summed E-state index contributed by atoms with van der Waals surface area (Å²) in [5.41, 5.74) is 6.97. The molecule has 2 atom stereocenters. The number of unbranched alkanes of at least 4 members (excludes halogenated alkanes) is 6. The van der Waals surface area contributed by atoms with Crippen molar-refractivity contribution in [1.82, 2.24) is 10.6 Å². The maximum absolute atomic E-state index is 11.5. The van der Waals surface area contributed by atoms with E-state index >= 15 is 0 Å². The number of amides is 2. The van der Waals surface area contributed by atoms with E-state index in [1.54, 1.807) is 0 Å². The molecule has 314 valence electrons. The molecule has 1 aliphatic rings. The number of carboxylic acids is 2. The molecular formula is C47H54Br2N2O8. The number of benzene rings is 4. The van der Waals surface area contributed by atoms with E-state index in [1.165, 1.54) is 36.1 Å².